The zero-order valence-corrected chi connectivity index (χ0v) is 8.88. The molecule has 0 radical (unpaired) electrons. The molecular formula is C10H22N2. The van der Waals surface area contributed by atoms with E-state index in [4.69, 9.17) is 0 Å². The molecule has 2 aliphatic heterocycles. The van der Waals surface area contributed by atoms with Gasteiger partial charge in [-0.2, -0.15) is 0 Å². The number of rotatable bonds is 1. The van der Waals surface area contributed by atoms with Crippen LogP contribution in [0.25, 0.3) is 0 Å². The molecule has 2 unspecified atom stereocenters. The molecule has 0 aromatic heterocycles. The fourth-order valence-electron chi connectivity index (χ4n) is 2.25. The van der Waals surface area contributed by atoms with Crippen molar-refractivity contribution in [3.8, 4) is 0 Å². The summed E-state index contributed by atoms with van der Waals surface area (Å²) in [6.45, 7) is 11.5. The summed E-state index contributed by atoms with van der Waals surface area (Å²) in [5.74, 6) is 1.00. The SMILES string of the molecule is CC.CCN1CC2CN(C)C2C1. The lowest BCUT2D eigenvalue weighted by Crippen LogP contribution is -2.52. The monoisotopic (exact) mass is 170 g/mol. The maximum absolute atomic E-state index is 2.55. The molecule has 2 rings (SSSR count). The highest BCUT2D eigenvalue weighted by Gasteiger charge is 2.42. The standard InChI is InChI=1S/C8H16N2.C2H6/c1-3-10-5-7-4-9(2)8(7)6-10;1-2/h7-8H,3-6H2,1-2H3;1-2H3. The van der Waals surface area contributed by atoms with Gasteiger partial charge in [-0.15, -0.1) is 0 Å². The van der Waals surface area contributed by atoms with Gasteiger partial charge in [0.1, 0.15) is 0 Å². The largest absolute Gasteiger partial charge is 0.302 e. The molecule has 2 atom stereocenters. The molecule has 0 aliphatic carbocycles. The molecule has 2 heterocycles. The van der Waals surface area contributed by atoms with Gasteiger partial charge in [0, 0.05) is 31.6 Å². The average molecular weight is 170 g/mol. The molecular weight excluding hydrogens is 148 g/mol. The molecule has 2 saturated heterocycles. The van der Waals surface area contributed by atoms with Crippen LogP contribution in [-0.2, 0) is 0 Å². The second-order valence-corrected chi connectivity index (χ2v) is 3.62. The van der Waals surface area contributed by atoms with Gasteiger partial charge in [0.25, 0.3) is 0 Å². The first kappa shape index (κ1) is 10.0. The fraction of sp³-hybridized carbons (Fsp3) is 1.00. The third-order valence-corrected chi connectivity index (χ3v) is 3.02. The minimum Gasteiger partial charge on any atom is -0.302 e. The van der Waals surface area contributed by atoms with E-state index in [0.717, 1.165) is 12.0 Å². The van der Waals surface area contributed by atoms with Crippen molar-refractivity contribution in [3.05, 3.63) is 0 Å². The van der Waals surface area contributed by atoms with Crippen LogP contribution in [0.5, 0.6) is 0 Å². The van der Waals surface area contributed by atoms with Crippen molar-refractivity contribution >= 4 is 0 Å². The van der Waals surface area contributed by atoms with E-state index in [2.05, 4.69) is 23.8 Å². The Kier molecular flexibility index (Phi) is 3.53. The highest BCUT2D eigenvalue weighted by molar-refractivity contribution is 4.98. The van der Waals surface area contributed by atoms with Crippen LogP contribution in [0.1, 0.15) is 20.8 Å². The number of hydrogen-bond donors (Lipinski definition) is 0. The first-order chi connectivity index (χ1) is 5.81. The van der Waals surface area contributed by atoms with Crippen molar-refractivity contribution in [1.29, 1.82) is 0 Å². The molecule has 0 aromatic rings. The summed E-state index contributed by atoms with van der Waals surface area (Å²) in [7, 11) is 2.24. The van der Waals surface area contributed by atoms with E-state index in [1.54, 1.807) is 0 Å². The van der Waals surface area contributed by atoms with Crippen LogP contribution in [0.2, 0.25) is 0 Å². The quantitative estimate of drug-likeness (QED) is 0.585. The van der Waals surface area contributed by atoms with Gasteiger partial charge in [-0.05, 0) is 13.6 Å². The lowest BCUT2D eigenvalue weighted by molar-refractivity contribution is 0.0825. The van der Waals surface area contributed by atoms with Crippen LogP contribution in [0, 0.1) is 5.92 Å². The van der Waals surface area contributed by atoms with Crippen molar-refractivity contribution in [1.82, 2.24) is 9.80 Å². The summed E-state index contributed by atoms with van der Waals surface area (Å²) in [5, 5.41) is 0. The number of fused-ring (bicyclic) bond motifs is 1. The van der Waals surface area contributed by atoms with Crippen LogP contribution < -0.4 is 0 Å². The molecule has 0 amide bonds. The number of likely N-dealkylation sites (tertiary alicyclic amines) is 2. The summed E-state index contributed by atoms with van der Waals surface area (Å²) in [6, 6.07) is 0.903. The molecule has 0 bridgehead atoms. The fourth-order valence-corrected chi connectivity index (χ4v) is 2.25. The Morgan fingerprint density at radius 2 is 1.83 bits per heavy atom. The average Bonchev–Trinajstić information content (AvgIpc) is 2.45. The first-order valence-corrected chi connectivity index (χ1v) is 5.24. The topological polar surface area (TPSA) is 6.48 Å². The third kappa shape index (κ3) is 1.64. The first-order valence-electron chi connectivity index (χ1n) is 5.24. The number of nitrogens with zero attached hydrogens (tertiary/aromatic N) is 2. The van der Waals surface area contributed by atoms with Crippen LogP contribution in [0.15, 0.2) is 0 Å². The van der Waals surface area contributed by atoms with Crippen LogP contribution in [-0.4, -0.2) is 49.1 Å². The van der Waals surface area contributed by atoms with Crippen molar-refractivity contribution in [3.63, 3.8) is 0 Å². The van der Waals surface area contributed by atoms with E-state index in [-0.39, 0.29) is 0 Å². The number of hydrogen-bond acceptors (Lipinski definition) is 2. The Bertz CT molecular complexity index is 136. The Morgan fingerprint density at radius 1 is 1.17 bits per heavy atom. The summed E-state index contributed by atoms with van der Waals surface area (Å²) >= 11 is 0. The van der Waals surface area contributed by atoms with E-state index >= 15 is 0 Å². The van der Waals surface area contributed by atoms with Crippen molar-refractivity contribution in [2.24, 2.45) is 5.92 Å². The van der Waals surface area contributed by atoms with Crippen molar-refractivity contribution in [2.75, 3.05) is 33.2 Å². The van der Waals surface area contributed by atoms with Crippen molar-refractivity contribution in [2.45, 2.75) is 26.8 Å². The van der Waals surface area contributed by atoms with E-state index < -0.39 is 0 Å². The molecule has 0 saturated carbocycles. The second kappa shape index (κ2) is 4.24. The van der Waals surface area contributed by atoms with E-state index in [0.29, 0.717) is 0 Å². The second-order valence-electron chi connectivity index (χ2n) is 3.62. The summed E-state index contributed by atoms with van der Waals surface area (Å²) in [6.07, 6.45) is 0. The van der Waals surface area contributed by atoms with E-state index in [9.17, 15) is 0 Å². The van der Waals surface area contributed by atoms with Gasteiger partial charge in [-0.25, -0.2) is 0 Å². The molecule has 2 nitrogen and oxygen atoms in total. The molecule has 12 heavy (non-hydrogen) atoms. The van der Waals surface area contributed by atoms with Crippen molar-refractivity contribution < 1.29 is 0 Å². The summed E-state index contributed by atoms with van der Waals surface area (Å²) in [5.41, 5.74) is 0. The highest BCUT2D eigenvalue weighted by atomic mass is 15.3. The van der Waals surface area contributed by atoms with E-state index in [1.807, 2.05) is 13.8 Å². The lowest BCUT2D eigenvalue weighted by Gasteiger charge is -2.40. The van der Waals surface area contributed by atoms with Gasteiger partial charge in [0.2, 0.25) is 0 Å². The van der Waals surface area contributed by atoms with Crippen LogP contribution in [0.4, 0.5) is 0 Å². The minimum absolute atomic E-state index is 0.903. The normalized spacial score (nSPS) is 35.0. The Hall–Kier alpha value is -0.0800. The molecule has 2 fully saturated rings. The number of likely N-dealkylation sites (N-methyl/N-ethyl adjacent to an activating group) is 2. The smallest absolute Gasteiger partial charge is 0.0272 e. The molecule has 0 N–H and O–H groups in total. The van der Waals surface area contributed by atoms with Gasteiger partial charge < -0.3 is 9.80 Å². The van der Waals surface area contributed by atoms with Gasteiger partial charge in [0.05, 0.1) is 0 Å². The lowest BCUT2D eigenvalue weighted by atomic mass is 9.93. The van der Waals surface area contributed by atoms with Gasteiger partial charge in [0.15, 0.2) is 0 Å². The Morgan fingerprint density at radius 3 is 2.25 bits per heavy atom. The van der Waals surface area contributed by atoms with E-state index in [1.165, 1.54) is 26.2 Å². The zero-order valence-electron chi connectivity index (χ0n) is 8.88. The maximum Gasteiger partial charge on any atom is 0.0272 e. The van der Waals surface area contributed by atoms with Gasteiger partial charge in [-0.3, -0.25) is 0 Å². The van der Waals surface area contributed by atoms with Crippen LogP contribution >= 0.6 is 0 Å². The summed E-state index contributed by atoms with van der Waals surface area (Å²) in [4.78, 5) is 5.03. The highest BCUT2D eigenvalue weighted by Crippen LogP contribution is 2.29. The zero-order chi connectivity index (χ0) is 9.14. The van der Waals surface area contributed by atoms with Crippen LogP contribution in [0.3, 0.4) is 0 Å². The molecule has 72 valence electrons. The maximum atomic E-state index is 2.55. The predicted octanol–water partition coefficient (Wildman–Crippen LogP) is 1.28. The van der Waals surface area contributed by atoms with Gasteiger partial charge in [-0.1, -0.05) is 20.8 Å². The molecule has 2 aliphatic rings. The molecule has 2 heteroatoms. The third-order valence-electron chi connectivity index (χ3n) is 3.02. The molecule has 0 spiro atoms. The Labute approximate surface area is 76.5 Å². The predicted molar refractivity (Wildman–Crippen MR) is 53.4 cm³/mol. The minimum atomic E-state index is 0.903. The summed E-state index contributed by atoms with van der Waals surface area (Å²) < 4.78 is 0. The Balaban J connectivity index is 0.000000336. The molecule has 0 aromatic carbocycles. The van der Waals surface area contributed by atoms with Gasteiger partial charge >= 0.3 is 0 Å².